The van der Waals surface area contributed by atoms with Crippen molar-refractivity contribution in [2.45, 2.75) is 28.8 Å². The van der Waals surface area contributed by atoms with E-state index in [0.717, 1.165) is 29.1 Å². The Morgan fingerprint density at radius 3 is 2.17 bits per heavy atom. The van der Waals surface area contributed by atoms with Crippen molar-refractivity contribution in [3.05, 3.63) is 71.8 Å². The van der Waals surface area contributed by atoms with Crippen LogP contribution in [0.2, 0.25) is 0 Å². The number of hydrogen-bond donors (Lipinski definition) is 1. The first kappa shape index (κ1) is 15.6. The van der Waals surface area contributed by atoms with Crippen molar-refractivity contribution >= 4 is 23.5 Å². The molecule has 2 aromatic rings. The van der Waals surface area contributed by atoms with E-state index in [1.54, 1.807) is 0 Å². The van der Waals surface area contributed by atoms with Gasteiger partial charge in [0, 0.05) is 12.0 Å². The summed E-state index contributed by atoms with van der Waals surface area (Å²) in [5.41, 5.74) is 2.01. The third-order valence-electron chi connectivity index (χ3n) is 4.58. The minimum atomic E-state index is -1.25. The van der Waals surface area contributed by atoms with Gasteiger partial charge in [-0.25, -0.2) is 0 Å². The summed E-state index contributed by atoms with van der Waals surface area (Å²) in [5, 5.41) is 11.6. The van der Waals surface area contributed by atoms with Crippen molar-refractivity contribution in [3.8, 4) is 0 Å². The molecular formula is C19H20O2S2. The Balaban J connectivity index is 1.76. The van der Waals surface area contributed by atoms with Gasteiger partial charge in [-0.15, -0.1) is 23.5 Å². The van der Waals surface area contributed by atoms with E-state index >= 15 is 0 Å². The van der Waals surface area contributed by atoms with Gasteiger partial charge in [-0.1, -0.05) is 60.7 Å². The maximum absolute atomic E-state index is 11.6. The highest BCUT2D eigenvalue weighted by atomic mass is 32.2. The number of ether oxygens (including phenoxy) is 1. The Bertz CT molecular complexity index is 656. The zero-order chi connectivity index (χ0) is 15.8. The predicted octanol–water partition coefficient (Wildman–Crippen LogP) is 4.56. The van der Waals surface area contributed by atoms with Crippen LogP contribution < -0.4 is 0 Å². The lowest BCUT2D eigenvalue weighted by molar-refractivity contribution is -0.203. The van der Waals surface area contributed by atoms with Gasteiger partial charge in [0.25, 0.3) is 0 Å². The molecule has 0 bridgehead atoms. The lowest BCUT2D eigenvalue weighted by atomic mass is 10.00. The molecule has 4 rings (SSSR count). The Morgan fingerprint density at radius 1 is 0.913 bits per heavy atom. The average Bonchev–Trinajstić information content (AvgIpc) is 2.91. The van der Waals surface area contributed by atoms with Gasteiger partial charge < -0.3 is 9.84 Å². The maximum atomic E-state index is 11.6. The van der Waals surface area contributed by atoms with E-state index in [1.165, 1.54) is 6.42 Å². The summed E-state index contributed by atoms with van der Waals surface area (Å²) in [7, 11) is 0. The minimum absolute atomic E-state index is 0.0699. The molecule has 0 radical (unpaired) electrons. The second-order valence-electron chi connectivity index (χ2n) is 6.03. The van der Waals surface area contributed by atoms with Crippen LogP contribution in [0.15, 0.2) is 60.7 Å². The first-order valence-electron chi connectivity index (χ1n) is 8.02. The second kappa shape index (κ2) is 6.17. The molecule has 2 nitrogen and oxygen atoms in total. The fourth-order valence-corrected chi connectivity index (χ4v) is 6.93. The summed E-state index contributed by atoms with van der Waals surface area (Å²) in [6.07, 6.45) is 1.95. The first-order chi connectivity index (χ1) is 11.2. The van der Waals surface area contributed by atoms with Crippen LogP contribution in [0.3, 0.4) is 0 Å². The second-order valence-corrected chi connectivity index (χ2v) is 9.08. The van der Waals surface area contributed by atoms with Crippen LogP contribution in [0.25, 0.3) is 0 Å². The molecular weight excluding hydrogens is 324 g/mol. The van der Waals surface area contributed by atoms with Crippen LogP contribution in [0.1, 0.15) is 30.1 Å². The smallest absolute Gasteiger partial charge is 0.217 e. The van der Waals surface area contributed by atoms with Gasteiger partial charge in [-0.05, 0) is 23.5 Å². The highest BCUT2D eigenvalue weighted by molar-refractivity contribution is 8.18. The van der Waals surface area contributed by atoms with Crippen molar-refractivity contribution in [2.75, 3.05) is 11.5 Å². The van der Waals surface area contributed by atoms with Gasteiger partial charge in [0.1, 0.15) is 4.08 Å². The van der Waals surface area contributed by atoms with Crippen LogP contribution >= 0.6 is 23.5 Å². The molecule has 2 fully saturated rings. The molecule has 1 spiro atoms. The van der Waals surface area contributed by atoms with Gasteiger partial charge in [0.05, 0.1) is 6.10 Å². The molecule has 2 heterocycles. The van der Waals surface area contributed by atoms with E-state index in [1.807, 2.05) is 72.1 Å². The lowest BCUT2D eigenvalue weighted by Gasteiger charge is -2.42. The minimum Gasteiger partial charge on any atom is -0.360 e. The molecule has 0 saturated carbocycles. The molecule has 0 amide bonds. The van der Waals surface area contributed by atoms with Gasteiger partial charge in [-0.2, -0.15) is 0 Å². The third kappa shape index (κ3) is 2.62. The van der Waals surface area contributed by atoms with Crippen LogP contribution in [0, 0.1) is 0 Å². The Kier molecular flexibility index (Phi) is 4.18. The molecule has 1 N–H and O–H groups in total. The van der Waals surface area contributed by atoms with E-state index < -0.39 is 5.79 Å². The van der Waals surface area contributed by atoms with Gasteiger partial charge in [0.2, 0.25) is 5.79 Å². The van der Waals surface area contributed by atoms with Gasteiger partial charge in [0.15, 0.2) is 0 Å². The molecule has 23 heavy (non-hydrogen) atoms. The first-order valence-corrected chi connectivity index (χ1v) is 9.99. The van der Waals surface area contributed by atoms with E-state index in [0.29, 0.717) is 0 Å². The average molecular weight is 345 g/mol. The molecule has 2 aliphatic rings. The Morgan fingerprint density at radius 2 is 1.52 bits per heavy atom. The summed E-state index contributed by atoms with van der Waals surface area (Å²) in [6, 6.07) is 20.1. The molecule has 1 unspecified atom stereocenters. The van der Waals surface area contributed by atoms with E-state index in [9.17, 15) is 5.11 Å². The van der Waals surface area contributed by atoms with Crippen molar-refractivity contribution < 1.29 is 9.84 Å². The highest BCUT2D eigenvalue weighted by Crippen LogP contribution is 2.63. The molecule has 4 heteroatoms. The van der Waals surface area contributed by atoms with E-state index in [-0.39, 0.29) is 10.2 Å². The predicted molar refractivity (Wildman–Crippen MR) is 97.5 cm³/mol. The zero-order valence-corrected chi connectivity index (χ0v) is 14.5. The topological polar surface area (TPSA) is 29.5 Å². The SMILES string of the molecule is OC1(c2ccccc2)O[C@H](c2ccccc2)CC12SCCCS2. The summed E-state index contributed by atoms with van der Waals surface area (Å²) in [4.78, 5) is 0. The standard InChI is InChI=1S/C19H20O2S2/c20-19(16-10-5-2-6-11-16)18(22-12-7-13-23-18)14-17(21-19)15-8-3-1-4-9-15/h1-6,8-11,17,20H,7,12-14H2/t17-,19?/m0/s1. The Labute approximate surface area is 145 Å². The van der Waals surface area contributed by atoms with Gasteiger partial charge in [-0.3, -0.25) is 0 Å². The normalized spacial score (nSPS) is 29.7. The third-order valence-corrected chi connectivity index (χ3v) is 8.09. The summed E-state index contributed by atoms with van der Waals surface area (Å²) in [5.74, 6) is 0.907. The highest BCUT2D eigenvalue weighted by Gasteiger charge is 2.61. The van der Waals surface area contributed by atoms with Gasteiger partial charge >= 0.3 is 0 Å². The van der Waals surface area contributed by atoms with Crippen molar-refractivity contribution in [2.24, 2.45) is 0 Å². The maximum Gasteiger partial charge on any atom is 0.217 e. The van der Waals surface area contributed by atoms with Crippen LogP contribution in [0.5, 0.6) is 0 Å². The number of thioether (sulfide) groups is 2. The number of rotatable bonds is 2. The molecule has 2 aliphatic heterocycles. The summed E-state index contributed by atoms with van der Waals surface area (Å²) in [6.45, 7) is 0. The summed E-state index contributed by atoms with van der Waals surface area (Å²) < 4.78 is 6.00. The molecule has 2 aromatic carbocycles. The number of hydrogen-bond acceptors (Lipinski definition) is 4. The largest absolute Gasteiger partial charge is 0.360 e. The molecule has 2 atom stereocenters. The monoisotopic (exact) mass is 344 g/mol. The fourth-order valence-electron chi connectivity index (χ4n) is 3.41. The van der Waals surface area contributed by atoms with E-state index in [2.05, 4.69) is 12.1 Å². The van der Waals surface area contributed by atoms with Crippen molar-refractivity contribution in [3.63, 3.8) is 0 Å². The summed E-state index contributed by atoms with van der Waals surface area (Å²) >= 11 is 3.72. The molecule has 2 saturated heterocycles. The molecule has 0 aromatic heterocycles. The quantitative estimate of drug-likeness (QED) is 0.865. The van der Waals surface area contributed by atoms with Crippen LogP contribution in [-0.2, 0) is 10.5 Å². The number of aliphatic hydroxyl groups is 1. The Hall–Kier alpha value is -0.940. The molecule has 0 aliphatic carbocycles. The van der Waals surface area contributed by atoms with Crippen LogP contribution in [-0.4, -0.2) is 20.7 Å². The number of benzene rings is 2. The molecule has 120 valence electrons. The zero-order valence-electron chi connectivity index (χ0n) is 12.9. The fraction of sp³-hybridized carbons (Fsp3) is 0.368. The van der Waals surface area contributed by atoms with Crippen molar-refractivity contribution in [1.29, 1.82) is 0 Å². The lowest BCUT2D eigenvalue weighted by Crippen LogP contribution is -2.45. The van der Waals surface area contributed by atoms with Crippen LogP contribution in [0.4, 0.5) is 0 Å². The van der Waals surface area contributed by atoms with E-state index in [4.69, 9.17) is 4.74 Å². The van der Waals surface area contributed by atoms with Crippen molar-refractivity contribution in [1.82, 2.24) is 0 Å².